The molecule has 2 aliphatic rings. The van der Waals surface area contributed by atoms with Crippen LogP contribution in [0.25, 0.3) is 5.57 Å². The summed E-state index contributed by atoms with van der Waals surface area (Å²) in [6.07, 6.45) is 4.03. The van der Waals surface area contributed by atoms with Crippen molar-refractivity contribution in [2.75, 3.05) is 47.1 Å². The summed E-state index contributed by atoms with van der Waals surface area (Å²) in [6, 6.07) is 5.34. The number of ether oxygens (including phenoxy) is 3. The third-order valence-electron chi connectivity index (χ3n) is 5.38. The number of imide groups is 1. The number of benzene rings is 1. The highest BCUT2D eigenvalue weighted by atomic mass is 16.5. The van der Waals surface area contributed by atoms with Crippen LogP contribution in [-0.4, -0.2) is 68.7 Å². The molecular weight excluding hydrogens is 372 g/mol. The molecule has 2 heterocycles. The summed E-state index contributed by atoms with van der Waals surface area (Å²) < 4.78 is 16.2. The first-order valence-electron chi connectivity index (χ1n) is 10.3. The van der Waals surface area contributed by atoms with E-state index in [9.17, 15) is 9.59 Å². The standard InChI is InChI=1S/C22H30N2O5/c1-4-5-6-7-10-24-21(25)19(16-8-9-17(27-2)18(15-16)28-3)20(22(24)26)23-11-13-29-14-12-23/h8-9,15H,4-7,10-14H2,1-3H3. The molecule has 0 radical (unpaired) electrons. The summed E-state index contributed by atoms with van der Waals surface area (Å²) in [6.45, 7) is 4.85. The first-order valence-corrected chi connectivity index (χ1v) is 10.3. The van der Waals surface area contributed by atoms with E-state index in [1.54, 1.807) is 26.4 Å². The third-order valence-corrected chi connectivity index (χ3v) is 5.38. The number of carbonyl (C=O) groups is 2. The third kappa shape index (κ3) is 4.40. The molecule has 7 heteroatoms. The molecule has 2 aliphatic heterocycles. The number of rotatable bonds is 9. The average Bonchev–Trinajstić information content (AvgIpc) is 3.01. The number of unbranched alkanes of at least 4 members (excludes halogenated alkanes) is 3. The van der Waals surface area contributed by atoms with Crippen molar-refractivity contribution in [1.29, 1.82) is 0 Å². The lowest BCUT2D eigenvalue weighted by Crippen LogP contribution is -2.40. The zero-order valence-corrected chi connectivity index (χ0v) is 17.5. The van der Waals surface area contributed by atoms with Crippen molar-refractivity contribution < 1.29 is 23.8 Å². The number of amides is 2. The molecule has 158 valence electrons. The molecule has 29 heavy (non-hydrogen) atoms. The smallest absolute Gasteiger partial charge is 0.277 e. The fourth-order valence-electron chi connectivity index (χ4n) is 3.80. The second-order valence-electron chi connectivity index (χ2n) is 7.22. The summed E-state index contributed by atoms with van der Waals surface area (Å²) in [5, 5.41) is 0. The molecule has 0 bridgehead atoms. The number of hydrogen-bond acceptors (Lipinski definition) is 6. The van der Waals surface area contributed by atoms with Crippen LogP contribution in [0.3, 0.4) is 0 Å². The van der Waals surface area contributed by atoms with Gasteiger partial charge in [-0.25, -0.2) is 0 Å². The molecule has 7 nitrogen and oxygen atoms in total. The second-order valence-corrected chi connectivity index (χ2v) is 7.22. The summed E-state index contributed by atoms with van der Waals surface area (Å²) in [4.78, 5) is 29.9. The molecule has 1 saturated heterocycles. The van der Waals surface area contributed by atoms with E-state index in [2.05, 4.69) is 6.92 Å². The number of carbonyl (C=O) groups excluding carboxylic acids is 2. The van der Waals surface area contributed by atoms with Gasteiger partial charge in [-0.1, -0.05) is 32.3 Å². The zero-order chi connectivity index (χ0) is 20.8. The maximum Gasteiger partial charge on any atom is 0.277 e. The Balaban J connectivity index is 1.97. The Morgan fingerprint density at radius 3 is 2.34 bits per heavy atom. The van der Waals surface area contributed by atoms with Gasteiger partial charge >= 0.3 is 0 Å². The lowest BCUT2D eigenvalue weighted by Gasteiger charge is -2.29. The molecule has 0 unspecified atom stereocenters. The molecule has 2 amide bonds. The number of morpholine rings is 1. The van der Waals surface area contributed by atoms with Crippen molar-refractivity contribution in [3.05, 3.63) is 29.5 Å². The highest BCUT2D eigenvalue weighted by Crippen LogP contribution is 2.36. The Labute approximate surface area is 172 Å². The van der Waals surface area contributed by atoms with Crippen molar-refractivity contribution in [3.63, 3.8) is 0 Å². The fraction of sp³-hybridized carbons (Fsp3) is 0.545. The number of methoxy groups -OCH3 is 2. The molecular formula is C22H30N2O5. The van der Waals surface area contributed by atoms with E-state index in [0.717, 1.165) is 25.7 Å². The van der Waals surface area contributed by atoms with Crippen LogP contribution in [-0.2, 0) is 14.3 Å². The number of hydrogen-bond donors (Lipinski definition) is 0. The van der Waals surface area contributed by atoms with E-state index in [-0.39, 0.29) is 11.8 Å². The van der Waals surface area contributed by atoms with Crippen LogP contribution in [0.2, 0.25) is 0 Å². The number of nitrogens with zero attached hydrogens (tertiary/aromatic N) is 2. The van der Waals surface area contributed by atoms with Gasteiger partial charge in [-0.05, 0) is 24.1 Å². The van der Waals surface area contributed by atoms with Gasteiger partial charge < -0.3 is 19.1 Å². The minimum absolute atomic E-state index is 0.210. The highest BCUT2D eigenvalue weighted by molar-refractivity contribution is 6.35. The Morgan fingerprint density at radius 2 is 1.69 bits per heavy atom. The van der Waals surface area contributed by atoms with Gasteiger partial charge in [0.15, 0.2) is 11.5 Å². The topological polar surface area (TPSA) is 68.3 Å². The van der Waals surface area contributed by atoms with Gasteiger partial charge in [-0.3, -0.25) is 14.5 Å². The zero-order valence-electron chi connectivity index (χ0n) is 17.5. The van der Waals surface area contributed by atoms with Gasteiger partial charge in [0.2, 0.25) is 0 Å². The summed E-state index contributed by atoms with van der Waals surface area (Å²) in [5.74, 6) is 0.664. The van der Waals surface area contributed by atoms with Gasteiger partial charge in [0.25, 0.3) is 11.8 Å². The van der Waals surface area contributed by atoms with Crippen LogP contribution in [0.15, 0.2) is 23.9 Å². The minimum Gasteiger partial charge on any atom is -0.493 e. The van der Waals surface area contributed by atoms with E-state index < -0.39 is 0 Å². The predicted molar refractivity (Wildman–Crippen MR) is 110 cm³/mol. The Bertz CT molecular complexity index is 783. The lowest BCUT2D eigenvalue weighted by molar-refractivity contribution is -0.137. The van der Waals surface area contributed by atoms with Crippen LogP contribution in [0.4, 0.5) is 0 Å². The normalized spacial score (nSPS) is 17.3. The quantitative estimate of drug-likeness (QED) is 0.467. The van der Waals surface area contributed by atoms with Crippen LogP contribution in [0, 0.1) is 0 Å². The van der Waals surface area contributed by atoms with E-state index in [1.807, 2.05) is 11.0 Å². The van der Waals surface area contributed by atoms with Gasteiger partial charge in [-0.2, -0.15) is 0 Å². The van der Waals surface area contributed by atoms with Gasteiger partial charge in [0.1, 0.15) is 5.70 Å². The maximum atomic E-state index is 13.3. The minimum atomic E-state index is -0.236. The van der Waals surface area contributed by atoms with Crippen molar-refractivity contribution in [2.45, 2.75) is 32.6 Å². The van der Waals surface area contributed by atoms with E-state index in [0.29, 0.717) is 61.2 Å². The van der Waals surface area contributed by atoms with Crippen molar-refractivity contribution in [3.8, 4) is 11.5 Å². The van der Waals surface area contributed by atoms with E-state index >= 15 is 0 Å². The Hall–Kier alpha value is -2.54. The molecule has 0 aliphatic carbocycles. The highest BCUT2D eigenvalue weighted by Gasteiger charge is 2.41. The van der Waals surface area contributed by atoms with E-state index in [1.165, 1.54) is 4.90 Å². The molecule has 1 fully saturated rings. The molecule has 0 saturated carbocycles. The first-order chi connectivity index (χ1) is 14.1. The monoisotopic (exact) mass is 402 g/mol. The lowest BCUT2D eigenvalue weighted by atomic mass is 10.0. The largest absolute Gasteiger partial charge is 0.493 e. The predicted octanol–water partition coefficient (Wildman–Crippen LogP) is 2.70. The van der Waals surface area contributed by atoms with Gasteiger partial charge in [0, 0.05) is 19.6 Å². The summed E-state index contributed by atoms with van der Waals surface area (Å²) in [5.41, 5.74) is 1.58. The fourth-order valence-corrected chi connectivity index (χ4v) is 3.80. The van der Waals surface area contributed by atoms with Crippen LogP contribution in [0.5, 0.6) is 11.5 Å². The molecule has 3 rings (SSSR count). The van der Waals surface area contributed by atoms with Gasteiger partial charge in [-0.15, -0.1) is 0 Å². The average molecular weight is 402 g/mol. The molecule has 1 aromatic carbocycles. The van der Waals surface area contributed by atoms with Crippen LogP contribution < -0.4 is 9.47 Å². The SMILES string of the molecule is CCCCCCN1C(=O)C(c2ccc(OC)c(OC)c2)=C(N2CCOCC2)C1=O. The van der Waals surface area contributed by atoms with E-state index in [4.69, 9.17) is 14.2 Å². The summed E-state index contributed by atoms with van der Waals surface area (Å²) >= 11 is 0. The molecule has 1 aromatic rings. The van der Waals surface area contributed by atoms with Crippen molar-refractivity contribution in [1.82, 2.24) is 9.80 Å². The Kier molecular flexibility index (Phi) is 7.14. The van der Waals surface area contributed by atoms with Gasteiger partial charge in [0.05, 0.1) is 33.0 Å². The first kappa shape index (κ1) is 21.2. The van der Waals surface area contributed by atoms with Crippen molar-refractivity contribution >= 4 is 17.4 Å². The Morgan fingerprint density at radius 1 is 0.966 bits per heavy atom. The molecule has 0 aromatic heterocycles. The van der Waals surface area contributed by atoms with Crippen LogP contribution >= 0.6 is 0 Å². The van der Waals surface area contributed by atoms with Crippen molar-refractivity contribution in [2.24, 2.45) is 0 Å². The summed E-state index contributed by atoms with van der Waals surface area (Å²) in [7, 11) is 3.12. The molecule has 0 spiro atoms. The molecule has 0 N–H and O–H groups in total. The molecule has 0 atom stereocenters. The van der Waals surface area contributed by atoms with Crippen LogP contribution in [0.1, 0.15) is 38.2 Å². The second kappa shape index (κ2) is 9.78. The maximum absolute atomic E-state index is 13.3.